The molecule has 1 aromatic rings. The molecule has 2 rings (SSSR count). The van der Waals surface area contributed by atoms with Crippen molar-refractivity contribution in [2.75, 3.05) is 0 Å². The molecule has 0 unspecified atom stereocenters. The Kier molecular flexibility index (Phi) is 2.44. The Morgan fingerprint density at radius 3 is 2.40 bits per heavy atom. The maximum Gasteiger partial charge on any atom is 0.122 e. The Hall–Kier alpha value is -0.730. The first-order chi connectivity index (χ1) is 6.94. The van der Waals surface area contributed by atoms with Crippen LogP contribution in [-0.2, 0) is 5.60 Å². The van der Waals surface area contributed by atoms with Crippen LogP contribution < -0.4 is 0 Å². The van der Waals surface area contributed by atoms with Crippen molar-refractivity contribution in [3.63, 3.8) is 0 Å². The number of aliphatic hydroxyl groups is 1. The second-order valence-electron chi connectivity index (χ2n) is 4.58. The maximum absolute atomic E-state index is 9.92. The van der Waals surface area contributed by atoms with Gasteiger partial charge in [0.1, 0.15) is 5.75 Å². The normalized spacial score (nSPS) is 18.2. The molecule has 1 fully saturated rings. The summed E-state index contributed by atoms with van der Waals surface area (Å²) in [5, 5.41) is 20.4. The fourth-order valence-corrected chi connectivity index (χ4v) is 2.16. The molecule has 0 spiro atoms. The summed E-state index contributed by atoms with van der Waals surface area (Å²) < 4.78 is 0. The number of phenols is 1. The summed E-state index contributed by atoms with van der Waals surface area (Å²) in [6, 6.07) is 3.36. The van der Waals surface area contributed by atoms with Crippen LogP contribution in [0.25, 0.3) is 0 Å². The van der Waals surface area contributed by atoms with Gasteiger partial charge < -0.3 is 10.2 Å². The third kappa shape index (κ3) is 1.84. The van der Waals surface area contributed by atoms with E-state index in [1.54, 1.807) is 12.1 Å². The third-order valence-corrected chi connectivity index (χ3v) is 3.29. The number of phenolic OH excluding ortho intramolecular Hbond substituents is 1. The van der Waals surface area contributed by atoms with E-state index in [-0.39, 0.29) is 11.7 Å². The van der Waals surface area contributed by atoms with Crippen molar-refractivity contribution in [2.45, 2.75) is 38.2 Å². The van der Waals surface area contributed by atoms with Gasteiger partial charge in [-0.25, -0.2) is 0 Å². The average Bonchev–Trinajstić information content (AvgIpc) is 2.88. The van der Waals surface area contributed by atoms with E-state index in [9.17, 15) is 10.2 Å². The van der Waals surface area contributed by atoms with Crippen molar-refractivity contribution in [3.8, 4) is 5.75 Å². The molecule has 0 amide bonds. The van der Waals surface area contributed by atoms with Crippen molar-refractivity contribution < 1.29 is 10.2 Å². The predicted octanol–water partition coefficient (Wildman–Crippen LogP) is 3.15. The fraction of sp³-hybridized carbons (Fsp3) is 0.500. The minimum Gasteiger partial charge on any atom is -0.508 e. The van der Waals surface area contributed by atoms with Crippen molar-refractivity contribution in [3.05, 3.63) is 28.3 Å². The molecule has 2 N–H and O–H groups in total. The summed E-state index contributed by atoms with van der Waals surface area (Å²) in [4.78, 5) is 0. The molecule has 0 atom stereocenters. The van der Waals surface area contributed by atoms with Gasteiger partial charge in [-0.3, -0.25) is 0 Å². The van der Waals surface area contributed by atoms with Gasteiger partial charge in [-0.2, -0.15) is 0 Å². The molecule has 82 valence electrons. The molecule has 0 saturated heterocycles. The Bertz CT molecular complexity index is 395. The number of halogens is 1. The van der Waals surface area contributed by atoms with E-state index in [0.717, 1.165) is 5.56 Å². The van der Waals surface area contributed by atoms with Gasteiger partial charge in [-0.15, -0.1) is 0 Å². The first-order valence-corrected chi connectivity index (χ1v) is 5.57. The monoisotopic (exact) mass is 226 g/mol. The largest absolute Gasteiger partial charge is 0.508 e. The molecular weight excluding hydrogens is 212 g/mol. The van der Waals surface area contributed by atoms with Gasteiger partial charge in [0, 0.05) is 10.6 Å². The van der Waals surface area contributed by atoms with Gasteiger partial charge in [0.05, 0.1) is 5.60 Å². The minimum absolute atomic E-state index is 0.156. The van der Waals surface area contributed by atoms with Gasteiger partial charge in [0.15, 0.2) is 0 Å². The molecule has 1 aliphatic rings. The standard InChI is InChI=1S/C12H15ClO2/c1-7(2)8-5-11(14)9(6-10(8)13)12(15)3-4-12/h5-7,14-15H,3-4H2,1-2H3. The van der Waals surface area contributed by atoms with Gasteiger partial charge in [0.25, 0.3) is 0 Å². The summed E-state index contributed by atoms with van der Waals surface area (Å²) in [7, 11) is 0. The molecule has 1 aromatic carbocycles. The van der Waals surface area contributed by atoms with Crippen molar-refractivity contribution in [1.82, 2.24) is 0 Å². The first-order valence-electron chi connectivity index (χ1n) is 5.19. The molecule has 0 bridgehead atoms. The Morgan fingerprint density at radius 1 is 1.33 bits per heavy atom. The van der Waals surface area contributed by atoms with Gasteiger partial charge in [-0.1, -0.05) is 25.4 Å². The van der Waals surface area contributed by atoms with Crippen LogP contribution in [0.4, 0.5) is 0 Å². The topological polar surface area (TPSA) is 40.5 Å². The van der Waals surface area contributed by atoms with Crippen LogP contribution in [-0.4, -0.2) is 10.2 Å². The summed E-state index contributed by atoms with van der Waals surface area (Å²) in [6.07, 6.45) is 1.41. The maximum atomic E-state index is 9.92. The molecule has 1 saturated carbocycles. The van der Waals surface area contributed by atoms with E-state index in [4.69, 9.17) is 11.6 Å². The van der Waals surface area contributed by atoms with Crippen molar-refractivity contribution >= 4 is 11.6 Å². The van der Waals surface area contributed by atoms with Crippen LogP contribution in [0, 0.1) is 0 Å². The number of rotatable bonds is 2. The lowest BCUT2D eigenvalue weighted by Crippen LogP contribution is -2.05. The number of hydrogen-bond donors (Lipinski definition) is 2. The molecule has 15 heavy (non-hydrogen) atoms. The van der Waals surface area contributed by atoms with Crippen LogP contribution >= 0.6 is 11.6 Å². The number of hydrogen-bond acceptors (Lipinski definition) is 2. The van der Waals surface area contributed by atoms with Crippen LogP contribution in [0.2, 0.25) is 5.02 Å². The predicted molar refractivity (Wildman–Crippen MR) is 60.3 cm³/mol. The van der Waals surface area contributed by atoms with Crippen LogP contribution in [0.15, 0.2) is 12.1 Å². The number of benzene rings is 1. The lowest BCUT2D eigenvalue weighted by atomic mass is 9.98. The molecule has 2 nitrogen and oxygen atoms in total. The van der Waals surface area contributed by atoms with Crippen LogP contribution in [0.5, 0.6) is 5.75 Å². The Morgan fingerprint density at radius 2 is 1.93 bits per heavy atom. The lowest BCUT2D eigenvalue weighted by Gasteiger charge is -2.15. The molecule has 0 heterocycles. The van der Waals surface area contributed by atoms with Crippen LogP contribution in [0.3, 0.4) is 0 Å². The van der Waals surface area contributed by atoms with E-state index in [0.29, 0.717) is 23.4 Å². The fourth-order valence-electron chi connectivity index (χ4n) is 1.78. The SMILES string of the molecule is CC(C)c1cc(O)c(C2(O)CC2)cc1Cl. The smallest absolute Gasteiger partial charge is 0.122 e. The quantitative estimate of drug-likeness (QED) is 0.814. The van der Waals surface area contributed by atoms with E-state index >= 15 is 0 Å². The van der Waals surface area contributed by atoms with E-state index < -0.39 is 5.60 Å². The summed E-state index contributed by atoms with van der Waals surface area (Å²) in [5.74, 6) is 0.425. The molecule has 0 radical (unpaired) electrons. The third-order valence-electron chi connectivity index (χ3n) is 2.96. The second kappa shape index (κ2) is 3.39. The zero-order chi connectivity index (χ0) is 11.2. The second-order valence-corrected chi connectivity index (χ2v) is 4.98. The highest BCUT2D eigenvalue weighted by Gasteiger charge is 2.44. The highest BCUT2D eigenvalue weighted by atomic mass is 35.5. The molecule has 1 aliphatic carbocycles. The lowest BCUT2D eigenvalue weighted by molar-refractivity contribution is 0.148. The molecule has 0 aromatic heterocycles. The first kappa shape index (κ1) is 10.8. The highest BCUT2D eigenvalue weighted by molar-refractivity contribution is 6.31. The van der Waals surface area contributed by atoms with Gasteiger partial charge in [-0.05, 0) is 36.5 Å². The summed E-state index contributed by atoms with van der Waals surface area (Å²) in [5.41, 5.74) is 0.655. The summed E-state index contributed by atoms with van der Waals surface area (Å²) >= 11 is 6.11. The van der Waals surface area contributed by atoms with E-state index in [1.165, 1.54) is 0 Å². The minimum atomic E-state index is -0.830. The molecule has 0 aliphatic heterocycles. The number of aromatic hydroxyl groups is 1. The average molecular weight is 227 g/mol. The van der Waals surface area contributed by atoms with Crippen molar-refractivity contribution in [1.29, 1.82) is 0 Å². The zero-order valence-corrected chi connectivity index (χ0v) is 9.67. The zero-order valence-electron chi connectivity index (χ0n) is 8.92. The molecular formula is C12H15ClO2. The van der Waals surface area contributed by atoms with Crippen LogP contribution in [0.1, 0.15) is 43.7 Å². The van der Waals surface area contributed by atoms with E-state index in [2.05, 4.69) is 0 Å². The van der Waals surface area contributed by atoms with Gasteiger partial charge >= 0.3 is 0 Å². The molecule has 3 heteroatoms. The Balaban J connectivity index is 2.48. The highest BCUT2D eigenvalue weighted by Crippen LogP contribution is 2.50. The summed E-state index contributed by atoms with van der Waals surface area (Å²) in [6.45, 7) is 4.04. The Labute approximate surface area is 94.5 Å². The van der Waals surface area contributed by atoms with Gasteiger partial charge in [0.2, 0.25) is 0 Å². The van der Waals surface area contributed by atoms with E-state index in [1.807, 2.05) is 13.8 Å². The van der Waals surface area contributed by atoms with Crippen molar-refractivity contribution in [2.24, 2.45) is 0 Å².